The summed E-state index contributed by atoms with van der Waals surface area (Å²) in [6.07, 6.45) is 0.286. The summed E-state index contributed by atoms with van der Waals surface area (Å²) in [4.78, 5) is 20.3. The highest BCUT2D eigenvalue weighted by Crippen LogP contribution is 2.34. The minimum absolute atomic E-state index is 0.256. The third-order valence-corrected chi connectivity index (χ3v) is 4.82. The van der Waals surface area contributed by atoms with Gasteiger partial charge in [0.2, 0.25) is 0 Å². The Balaban J connectivity index is 1.71. The van der Waals surface area contributed by atoms with E-state index in [4.69, 9.17) is 0 Å². The Morgan fingerprint density at radius 1 is 1.35 bits per heavy atom. The Morgan fingerprint density at radius 2 is 2.04 bits per heavy atom. The molecule has 1 saturated heterocycles. The minimum atomic E-state index is -4.45. The molecule has 0 aromatic carbocycles. The molecular weight excluding hydrogens is 311 g/mol. The van der Waals surface area contributed by atoms with Crippen molar-refractivity contribution in [3.8, 4) is 0 Å². The number of rotatable bonds is 2. The molecule has 1 amide bonds. The first-order chi connectivity index (χ1) is 10.8. The second-order valence-corrected chi connectivity index (χ2v) is 6.51. The lowest BCUT2D eigenvalue weighted by Crippen LogP contribution is -2.50. The minimum Gasteiger partial charge on any atom is -0.380 e. The van der Waals surface area contributed by atoms with Gasteiger partial charge in [-0.05, 0) is 38.5 Å². The Morgan fingerprint density at radius 3 is 2.65 bits per heavy atom. The number of aromatic amines is 1. The van der Waals surface area contributed by atoms with Crippen molar-refractivity contribution in [1.29, 1.82) is 0 Å². The number of carbonyl (C=O) groups is 1. The van der Waals surface area contributed by atoms with Gasteiger partial charge in [0.1, 0.15) is 17.1 Å². The molecule has 8 heteroatoms. The molecular formula is C15H20F3N3O2. The highest BCUT2D eigenvalue weighted by molar-refractivity contribution is 5.85. The average molecular weight is 331 g/mol. The second kappa shape index (κ2) is 5.81. The van der Waals surface area contributed by atoms with Gasteiger partial charge < -0.3 is 15.0 Å². The van der Waals surface area contributed by atoms with Gasteiger partial charge in [0, 0.05) is 19.0 Å². The summed E-state index contributed by atoms with van der Waals surface area (Å²) in [5.41, 5.74) is -2.16. The first-order valence-corrected chi connectivity index (χ1v) is 7.93. The van der Waals surface area contributed by atoms with Crippen LogP contribution in [0.4, 0.5) is 13.2 Å². The lowest BCUT2D eigenvalue weighted by atomic mass is 9.94. The number of aromatic nitrogens is 2. The summed E-state index contributed by atoms with van der Waals surface area (Å²) in [6, 6.07) is 0. The molecule has 0 spiro atoms. The number of nitrogens with one attached hydrogen (secondary N) is 1. The number of halogens is 3. The van der Waals surface area contributed by atoms with Crippen molar-refractivity contribution in [1.82, 2.24) is 14.9 Å². The topological polar surface area (TPSA) is 69.2 Å². The van der Waals surface area contributed by atoms with Crippen molar-refractivity contribution in [2.45, 2.75) is 56.2 Å². The fourth-order valence-electron chi connectivity index (χ4n) is 3.54. The van der Waals surface area contributed by atoms with Gasteiger partial charge in [-0.25, -0.2) is 4.98 Å². The van der Waals surface area contributed by atoms with Crippen molar-refractivity contribution < 1.29 is 23.1 Å². The van der Waals surface area contributed by atoms with Crippen molar-refractivity contribution in [3.05, 3.63) is 17.7 Å². The van der Waals surface area contributed by atoms with Gasteiger partial charge >= 0.3 is 6.18 Å². The number of nitrogens with zero attached hydrogens (tertiary/aromatic N) is 2. The van der Waals surface area contributed by atoms with E-state index in [1.807, 2.05) is 0 Å². The lowest BCUT2D eigenvalue weighted by molar-refractivity contribution is -0.152. The van der Waals surface area contributed by atoms with Crippen LogP contribution in [-0.2, 0) is 11.0 Å². The van der Waals surface area contributed by atoms with Crippen LogP contribution in [0.15, 0.2) is 6.20 Å². The number of piperidine rings is 1. The Hall–Kier alpha value is -1.57. The number of alkyl halides is 3. The van der Waals surface area contributed by atoms with Gasteiger partial charge in [-0.3, -0.25) is 4.79 Å². The number of carbonyl (C=O) groups excluding carboxylic acids is 1. The maximum Gasteiger partial charge on any atom is 0.432 e. The molecule has 3 rings (SSSR count). The lowest BCUT2D eigenvalue weighted by Gasteiger charge is -2.36. The van der Waals surface area contributed by atoms with E-state index in [1.54, 1.807) is 4.90 Å². The van der Waals surface area contributed by atoms with Crippen LogP contribution in [0.2, 0.25) is 0 Å². The standard InChI is InChI=1S/C15H20F3N3O2/c16-15(17,18)11-8-19-12(20-11)10-4-3-7-21(9-10)13(22)14(23)5-1-2-6-14/h8,10,23H,1-7,9H2,(H,19,20)/t10-/m0/s1. The van der Waals surface area contributed by atoms with Gasteiger partial charge in [0.05, 0.1) is 6.20 Å². The molecule has 1 atom stereocenters. The van der Waals surface area contributed by atoms with Crippen LogP contribution in [0.5, 0.6) is 0 Å². The van der Waals surface area contributed by atoms with Crippen LogP contribution in [0.25, 0.3) is 0 Å². The molecule has 0 radical (unpaired) electrons. The van der Waals surface area contributed by atoms with E-state index < -0.39 is 17.5 Å². The molecule has 1 saturated carbocycles. The molecule has 1 aliphatic carbocycles. The van der Waals surface area contributed by atoms with E-state index in [-0.39, 0.29) is 17.6 Å². The Labute approximate surface area is 131 Å². The van der Waals surface area contributed by atoms with E-state index >= 15 is 0 Å². The summed E-state index contributed by atoms with van der Waals surface area (Å²) in [5.74, 6) is -0.288. The molecule has 1 aromatic rings. The first-order valence-electron chi connectivity index (χ1n) is 7.93. The van der Waals surface area contributed by atoms with E-state index in [1.165, 1.54) is 0 Å². The third-order valence-electron chi connectivity index (χ3n) is 4.82. The normalized spacial score (nSPS) is 24.9. The Bertz CT molecular complexity index is 579. The highest BCUT2D eigenvalue weighted by Gasteiger charge is 2.43. The summed E-state index contributed by atoms with van der Waals surface area (Å²) in [6.45, 7) is 0.830. The number of H-pyrrole nitrogens is 1. The van der Waals surface area contributed by atoms with E-state index in [0.29, 0.717) is 38.8 Å². The van der Waals surface area contributed by atoms with Crippen LogP contribution in [-0.4, -0.2) is 44.6 Å². The first kappa shape index (κ1) is 16.3. The molecule has 2 heterocycles. The zero-order valence-corrected chi connectivity index (χ0v) is 12.7. The van der Waals surface area contributed by atoms with Crippen molar-refractivity contribution >= 4 is 5.91 Å². The number of hydrogen-bond acceptors (Lipinski definition) is 3. The molecule has 0 unspecified atom stereocenters. The summed E-state index contributed by atoms with van der Waals surface area (Å²) >= 11 is 0. The molecule has 1 aliphatic heterocycles. The second-order valence-electron chi connectivity index (χ2n) is 6.51. The summed E-state index contributed by atoms with van der Waals surface area (Å²) in [5, 5.41) is 10.4. The molecule has 2 aliphatic rings. The number of likely N-dealkylation sites (tertiary alicyclic amines) is 1. The molecule has 0 bridgehead atoms. The van der Waals surface area contributed by atoms with Gasteiger partial charge in [0.25, 0.3) is 5.91 Å². The van der Waals surface area contributed by atoms with Crippen LogP contribution >= 0.6 is 0 Å². The fourth-order valence-corrected chi connectivity index (χ4v) is 3.54. The van der Waals surface area contributed by atoms with Crippen molar-refractivity contribution in [3.63, 3.8) is 0 Å². The van der Waals surface area contributed by atoms with Crippen molar-refractivity contribution in [2.75, 3.05) is 13.1 Å². The SMILES string of the molecule is O=C(N1CCC[C@H](c2ncc(C(F)(F)F)[nH]2)C1)C1(O)CCCC1. The smallest absolute Gasteiger partial charge is 0.380 e. The largest absolute Gasteiger partial charge is 0.432 e. The number of amides is 1. The van der Waals surface area contributed by atoms with Gasteiger partial charge in [0.15, 0.2) is 0 Å². The van der Waals surface area contributed by atoms with Gasteiger partial charge in [-0.1, -0.05) is 0 Å². The third kappa shape index (κ3) is 3.22. The monoisotopic (exact) mass is 331 g/mol. The number of imidazole rings is 1. The number of hydrogen-bond donors (Lipinski definition) is 2. The van der Waals surface area contributed by atoms with Crippen LogP contribution in [0.1, 0.15) is 56.0 Å². The summed E-state index contributed by atoms with van der Waals surface area (Å²) in [7, 11) is 0. The molecule has 23 heavy (non-hydrogen) atoms. The molecule has 2 N–H and O–H groups in total. The van der Waals surface area contributed by atoms with Gasteiger partial charge in [-0.2, -0.15) is 13.2 Å². The van der Waals surface area contributed by atoms with Crippen LogP contribution in [0.3, 0.4) is 0 Å². The van der Waals surface area contributed by atoms with E-state index in [9.17, 15) is 23.1 Å². The highest BCUT2D eigenvalue weighted by atomic mass is 19.4. The quantitative estimate of drug-likeness (QED) is 0.874. The maximum absolute atomic E-state index is 12.7. The predicted octanol–water partition coefficient (Wildman–Crippen LogP) is 2.44. The number of aliphatic hydroxyl groups is 1. The van der Waals surface area contributed by atoms with Crippen LogP contribution < -0.4 is 0 Å². The molecule has 5 nitrogen and oxygen atoms in total. The molecule has 2 fully saturated rings. The zero-order valence-electron chi connectivity index (χ0n) is 12.7. The average Bonchev–Trinajstić information content (AvgIpc) is 3.16. The Kier molecular flexibility index (Phi) is 4.12. The molecule has 1 aromatic heterocycles. The van der Waals surface area contributed by atoms with Crippen molar-refractivity contribution in [2.24, 2.45) is 0 Å². The van der Waals surface area contributed by atoms with E-state index in [2.05, 4.69) is 9.97 Å². The molecule has 128 valence electrons. The van der Waals surface area contributed by atoms with Crippen LogP contribution in [0, 0.1) is 0 Å². The predicted molar refractivity (Wildman–Crippen MR) is 75.6 cm³/mol. The van der Waals surface area contributed by atoms with Gasteiger partial charge in [-0.15, -0.1) is 0 Å². The van der Waals surface area contributed by atoms with E-state index in [0.717, 1.165) is 19.0 Å². The summed E-state index contributed by atoms with van der Waals surface area (Å²) < 4.78 is 38.0. The maximum atomic E-state index is 12.7. The fraction of sp³-hybridized carbons (Fsp3) is 0.733. The zero-order chi connectivity index (χ0) is 16.7.